The van der Waals surface area contributed by atoms with Gasteiger partial charge in [0.05, 0.1) is 22.0 Å². The van der Waals surface area contributed by atoms with Crippen LogP contribution in [-0.4, -0.2) is 49.8 Å². The topological polar surface area (TPSA) is 104 Å². The summed E-state index contributed by atoms with van der Waals surface area (Å²) in [6, 6.07) is 3.38. The molecular formula is C12H15ClN2O5S. The van der Waals surface area contributed by atoms with Gasteiger partial charge in [-0.3, -0.25) is 4.79 Å². The largest absolute Gasteiger partial charge is 0.478 e. The number of likely N-dealkylation sites (N-methyl/N-ethyl adjacent to an activating group) is 2. The quantitative estimate of drug-likeness (QED) is 0.800. The van der Waals surface area contributed by atoms with Crippen molar-refractivity contribution in [3.63, 3.8) is 0 Å². The van der Waals surface area contributed by atoms with Gasteiger partial charge >= 0.3 is 5.97 Å². The molecule has 0 aliphatic heterocycles. The predicted octanol–water partition coefficient (Wildman–Crippen LogP) is 0.795. The van der Waals surface area contributed by atoms with Crippen LogP contribution in [0.3, 0.4) is 0 Å². The van der Waals surface area contributed by atoms with Crippen LogP contribution in [0.1, 0.15) is 17.3 Å². The van der Waals surface area contributed by atoms with Crippen LogP contribution >= 0.6 is 11.6 Å². The zero-order chi connectivity index (χ0) is 16.2. The molecule has 9 heteroatoms. The second-order valence-electron chi connectivity index (χ2n) is 4.05. The van der Waals surface area contributed by atoms with Crippen molar-refractivity contribution in [3.8, 4) is 0 Å². The maximum Gasteiger partial charge on any atom is 0.337 e. The first-order valence-corrected chi connectivity index (χ1v) is 7.79. The van der Waals surface area contributed by atoms with Crippen molar-refractivity contribution in [2.24, 2.45) is 0 Å². The van der Waals surface area contributed by atoms with E-state index in [1.807, 2.05) is 0 Å². The fourth-order valence-electron chi connectivity index (χ4n) is 1.58. The number of carbonyl (C=O) groups is 2. The van der Waals surface area contributed by atoms with Crippen molar-refractivity contribution in [2.45, 2.75) is 11.8 Å². The van der Waals surface area contributed by atoms with Crippen molar-refractivity contribution in [2.75, 3.05) is 20.1 Å². The lowest BCUT2D eigenvalue weighted by atomic mass is 10.2. The van der Waals surface area contributed by atoms with E-state index < -0.39 is 21.9 Å². The number of nitrogens with one attached hydrogen (secondary N) is 1. The van der Waals surface area contributed by atoms with Crippen molar-refractivity contribution >= 4 is 33.5 Å². The van der Waals surface area contributed by atoms with E-state index in [0.717, 1.165) is 10.4 Å². The summed E-state index contributed by atoms with van der Waals surface area (Å²) in [4.78, 5) is 22.1. The van der Waals surface area contributed by atoms with E-state index in [1.54, 1.807) is 6.92 Å². The second kappa shape index (κ2) is 6.88. The molecule has 1 rings (SSSR count). The number of carboxylic acid groups (broad SMARTS) is 1. The first-order valence-electron chi connectivity index (χ1n) is 5.97. The Morgan fingerprint density at radius 3 is 2.48 bits per heavy atom. The molecule has 21 heavy (non-hydrogen) atoms. The van der Waals surface area contributed by atoms with Gasteiger partial charge in [-0.1, -0.05) is 18.5 Å². The smallest absolute Gasteiger partial charge is 0.337 e. The number of hydrogen-bond acceptors (Lipinski definition) is 4. The maximum absolute atomic E-state index is 12.4. The van der Waals surface area contributed by atoms with Gasteiger partial charge in [-0.05, 0) is 18.2 Å². The Kier molecular flexibility index (Phi) is 5.70. The van der Waals surface area contributed by atoms with Crippen LogP contribution in [0.2, 0.25) is 5.02 Å². The molecule has 0 fully saturated rings. The van der Waals surface area contributed by atoms with Crippen molar-refractivity contribution in [3.05, 3.63) is 28.8 Å². The first kappa shape index (κ1) is 17.4. The summed E-state index contributed by atoms with van der Waals surface area (Å²) < 4.78 is 25.8. The molecule has 116 valence electrons. The van der Waals surface area contributed by atoms with E-state index in [4.69, 9.17) is 16.7 Å². The Balaban J connectivity index is 3.26. The molecule has 0 heterocycles. The fourth-order valence-corrected chi connectivity index (χ4v) is 3.21. The Morgan fingerprint density at radius 2 is 2.00 bits per heavy atom. The van der Waals surface area contributed by atoms with Gasteiger partial charge in [-0.2, -0.15) is 4.31 Å². The van der Waals surface area contributed by atoms with Crippen molar-refractivity contribution in [1.29, 1.82) is 0 Å². The molecule has 2 N–H and O–H groups in total. The van der Waals surface area contributed by atoms with Crippen molar-refractivity contribution < 1.29 is 23.1 Å². The highest BCUT2D eigenvalue weighted by Gasteiger charge is 2.26. The highest BCUT2D eigenvalue weighted by atomic mass is 35.5. The SMILES string of the molecule is CCN(CC(=O)NC)S(=O)(=O)c1ccc(Cl)c(C(=O)O)c1. The summed E-state index contributed by atoms with van der Waals surface area (Å²) in [5, 5.41) is 11.3. The molecule has 0 atom stereocenters. The predicted molar refractivity (Wildman–Crippen MR) is 76.9 cm³/mol. The molecule has 0 unspecified atom stereocenters. The zero-order valence-corrected chi connectivity index (χ0v) is 13.0. The number of rotatable bonds is 6. The van der Waals surface area contributed by atoms with E-state index in [-0.39, 0.29) is 28.6 Å². The third kappa shape index (κ3) is 3.93. The van der Waals surface area contributed by atoms with E-state index in [1.165, 1.54) is 19.2 Å². The monoisotopic (exact) mass is 334 g/mol. The van der Waals surface area contributed by atoms with Gasteiger partial charge in [0.2, 0.25) is 15.9 Å². The third-order valence-corrected chi connectivity index (χ3v) is 5.00. The summed E-state index contributed by atoms with van der Waals surface area (Å²) in [6.07, 6.45) is 0. The Hall–Kier alpha value is -1.64. The number of hydrogen-bond donors (Lipinski definition) is 2. The molecule has 0 aliphatic rings. The third-order valence-electron chi connectivity index (χ3n) is 2.76. The van der Waals surface area contributed by atoms with Crippen LogP contribution in [0, 0.1) is 0 Å². The van der Waals surface area contributed by atoms with Crippen LogP contribution in [0.4, 0.5) is 0 Å². The van der Waals surface area contributed by atoms with Crippen LogP contribution in [0.15, 0.2) is 23.1 Å². The fraction of sp³-hybridized carbons (Fsp3) is 0.333. The summed E-state index contributed by atoms with van der Waals surface area (Å²) in [5.41, 5.74) is -0.311. The molecule has 0 spiro atoms. The number of nitrogens with zero attached hydrogens (tertiary/aromatic N) is 1. The van der Waals surface area contributed by atoms with Gasteiger partial charge in [0.25, 0.3) is 0 Å². The molecule has 0 saturated heterocycles. The number of carbonyl (C=O) groups excluding carboxylic acids is 1. The normalized spacial score (nSPS) is 11.4. The lowest BCUT2D eigenvalue weighted by Crippen LogP contribution is -2.39. The van der Waals surface area contributed by atoms with Crippen LogP contribution in [0.5, 0.6) is 0 Å². The average molecular weight is 335 g/mol. The number of carboxylic acids is 1. The number of aromatic carboxylic acids is 1. The first-order chi connectivity index (χ1) is 9.73. The molecule has 0 radical (unpaired) electrons. The molecule has 0 aromatic heterocycles. The lowest BCUT2D eigenvalue weighted by molar-refractivity contribution is -0.120. The highest BCUT2D eigenvalue weighted by molar-refractivity contribution is 7.89. The highest BCUT2D eigenvalue weighted by Crippen LogP contribution is 2.23. The molecule has 0 aliphatic carbocycles. The van der Waals surface area contributed by atoms with E-state index in [0.29, 0.717) is 0 Å². The summed E-state index contributed by atoms with van der Waals surface area (Å²) in [6.45, 7) is 1.30. The van der Waals surface area contributed by atoms with Gasteiger partial charge in [0, 0.05) is 13.6 Å². The summed E-state index contributed by atoms with van der Waals surface area (Å²) in [5.74, 6) is -1.79. The molecule has 1 aromatic carbocycles. The molecule has 1 amide bonds. The number of benzene rings is 1. The Bertz CT molecular complexity index is 660. The molecule has 1 aromatic rings. The van der Waals surface area contributed by atoms with Gasteiger partial charge in [0.1, 0.15) is 0 Å². The molecular weight excluding hydrogens is 320 g/mol. The lowest BCUT2D eigenvalue weighted by Gasteiger charge is -2.19. The number of sulfonamides is 1. The van der Waals surface area contributed by atoms with Crippen LogP contribution < -0.4 is 5.32 Å². The molecule has 0 saturated carbocycles. The van der Waals surface area contributed by atoms with Gasteiger partial charge in [-0.25, -0.2) is 13.2 Å². The zero-order valence-electron chi connectivity index (χ0n) is 11.5. The van der Waals surface area contributed by atoms with Crippen molar-refractivity contribution in [1.82, 2.24) is 9.62 Å². The van der Waals surface area contributed by atoms with Crippen LogP contribution in [0.25, 0.3) is 0 Å². The van der Waals surface area contributed by atoms with E-state index >= 15 is 0 Å². The standard InChI is InChI=1S/C12H15ClN2O5S/c1-3-15(7-11(16)14-2)21(19,20)8-4-5-10(13)9(6-8)12(17)18/h4-6H,3,7H2,1-2H3,(H,14,16)(H,17,18). The molecule has 7 nitrogen and oxygen atoms in total. The van der Waals surface area contributed by atoms with Gasteiger partial charge < -0.3 is 10.4 Å². The average Bonchev–Trinajstić information content (AvgIpc) is 2.43. The van der Waals surface area contributed by atoms with E-state index in [2.05, 4.69) is 5.32 Å². The Morgan fingerprint density at radius 1 is 1.38 bits per heavy atom. The summed E-state index contributed by atoms with van der Waals surface area (Å²) >= 11 is 5.71. The number of halogens is 1. The number of amides is 1. The van der Waals surface area contributed by atoms with Crippen LogP contribution in [-0.2, 0) is 14.8 Å². The minimum Gasteiger partial charge on any atom is -0.478 e. The molecule has 0 bridgehead atoms. The second-order valence-corrected chi connectivity index (χ2v) is 6.40. The van der Waals surface area contributed by atoms with Gasteiger partial charge in [0.15, 0.2) is 0 Å². The minimum absolute atomic E-state index is 0.0594. The maximum atomic E-state index is 12.4. The van der Waals surface area contributed by atoms with Gasteiger partial charge in [-0.15, -0.1) is 0 Å². The van der Waals surface area contributed by atoms with E-state index in [9.17, 15) is 18.0 Å². The summed E-state index contributed by atoms with van der Waals surface area (Å²) in [7, 11) is -2.58. The minimum atomic E-state index is -3.98. The Labute approximate surface area is 127 Å².